The second-order valence-electron chi connectivity index (χ2n) is 7.59. The van der Waals surface area contributed by atoms with Gasteiger partial charge in [0.1, 0.15) is 10.8 Å². The number of nitrogens with one attached hydrogen (secondary N) is 1. The Balaban J connectivity index is 1.58. The van der Waals surface area contributed by atoms with Gasteiger partial charge in [-0.1, -0.05) is 48.9 Å². The zero-order valence-corrected chi connectivity index (χ0v) is 19.5. The van der Waals surface area contributed by atoms with Crippen molar-refractivity contribution in [2.45, 2.75) is 20.3 Å². The number of piperazine rings is 1. The zero-order valence-electron chi connectivity index (χ0n) is 18.8. The van der Waals surface area contributed by atoms with Crippen molar-refractivity contribution in [3.05, 3.63) is 47.2 Å². The number of halogens is 1. The molecule has 1 fully saturated rings. The van der Waals surface area contributed by atoms with Crippen molar-refractivity contribution in [3.8, 4) is 11.4 Å². The van der Waals surface area contributed by atoms with Crippen LogP contribution in [0, 0.1) is 5.92 Å². The van der Waals surface area contributed by atoms with Crippen molar-refractivity contribution in [3.63, 3.8) is 0 Å². The average Bonchev–Trinajstić information content (AvgIpc) is 2.84. The number of carbonyl (C=O) groups is 3. The van der Waals surface area contributed by atoms with Crippen LogP contribution in [0.5, 0.6) is 0 Å². The molecule has 1 N–H and O–H groups in total. The molecule has 0 spiro atoms. The second-order valence-corrected chi connectivity index (χ2v) is 7.98. The molecule has 1 aromatic carbocycles. The Bertz CT molecular complexity index is 980. The van der Waals surface area contributed by atoms with E-state index in [4.69, 9.17) is 16.3 Å². The number of rotatable bonds is 7. The van der Waals surface area contributed by atoms with Crippen molar-refractivity contribution in [2.75, 3.05) is 39.3 Å². The van der Waals surface area contributed by atoms with Gasteiger partial charge in [0.05, 0.1) is 12.5 Å². The molecule has 0 unspecified atom stereocenters. The molecule has 0 bridgehead atoms. The standard InChI is InChI=1S/C23H28ClN5O4/c1-3-16(22(31)28-10-12-29(13-11-28)23(32)33-4-2)15-25-21(30)18-14-19(24)27-20(26-18)17-8-6-5-7-9-17/h5-9,14,16H,3-4,10-13,15H2,1-2H3,(H,25,30)/t16-/m0/s1. The maximum Gasteiger partial charge on any atom is 0.409 e. The first-order valence-corrected chi connectivity index (χ1v) is 11.4. The lowest BCUT2D eigenvalue weighted by molar-refractivity contribution is -0.137. The van der Waals surface area contributed by atoms with Crippen molar-refractivity contribution in [1.29, 1.82) is 0 Å². The number of carbonyl (C=O) groups excluding carboxylic acids is 3. The Morgan fingerprint density at radius 1 is 1.06 bits per heavy atom. The molecule has 3 rings (SSSR count). The van der Waals surface area contributed by atoms with Crippen LogP contribution in [0.25, 0.3) is 11.4 Å². The molecule has 1 aliphatic rings. The van der Waals surface area contributed by atoms with Crippen LogP contribution in [-0.4, -0.2) is 77.0 Å². The molecule has 1 aromatic heterocycles. The Morgan fingerprint density at radius 3 is 2.36 bits per heavy atom. The largest absolute Gasteiger partial charge is 0.450 e. The lowest BCUT2D eigenvalue weighted by atomic mass is 10.0. The van der Waals surface area contributed by atoms with Gasteiger partial charge in [0, 0.05) is 44.4 Å². The second kappa shape index (κ2) is 11.6. The molecule has 3 amide bonds. The molecule has 1 saturated heterocycles. The number of aromatic nitrogens is 2. The van der Waals surface area contributed by atoms with Crippen LogP contribution in [0.4, 0.5) is 4.79 Å². The first kappa shape index (κ1) is 24.4. The summed E-state index contributed by atoms with van der Waals surface area (Å²) < 4.78 is 5.01. The van der Waals surface area contributed by atoms with Gasteiger partial charge < -0.3 is 19.9 Å². The number of ether oxygens (including phenoxy) is 1. The summed E-state index contributed by atoms with van der Waals surface area (Å²) in [6.07, 6.45) is 0.207. The number of amides is 3. The summed E-state index contributed by atoms with van der Waals surface area (Å²) in [4.78, 5) is 49.4. The third-order valence-corrected chi connectivity index (χ3v) is 5.62. The smallest absolute Gasteiger partial charge is 0.409 e. The van der Waals surface area contributed by atoms with E-state index in [1.165, 1.54) is 6.07 Å². The molecule has 176 valence electrons. The zero-order chi connectivity index (χ0) is 23.8. The Kier molecular flexibility index (Phi) is 8.59. The van der Waals surface area contributed by atoms with Gasteiger partial charge in [0.2, 0.25) is 5.91 Å². The maximum atomic E-state index is 13.0. The number of nitrogens with zero attached hydrogens (tertiary/aromatic N) is 4. The summed E-state index contributed by atoms with van der Waals surface area (Å²) >= 11 is 6.11. The number of hydrogen-bond acceptors (Lipinski definition) is 6. The monoisotopic (exact) mass is 473 g/mol. The minimum Gasteiger partial charge on any atom is -0.450 e. The SMILES string of the molecule is CCOC(=O)N1CCN(C(=O)[C@@H](CC)CNC(=O)c2cc(Cl)nc(-c3ccccc3)n2)CC1. The van der Waals surface area contributed by atoms with Crippen molar-refractivity contribution < 1.29 is 19.1 Å². The quantitative estimate of drug-likeness (QED) is 0.620. The number of hydrogen-bond donors (Lipinski definition) is 1. The van der Waals surface area contributed by atoms with Crippen LogP contribution < -0.4 is 5.32 Å². The van der Waals surface area contributed by atoms with Gasteiger partial charge in [0.15, 0.2) is 5.82 Å². The van der Waals surface area contributed by atoms with Crippen LogP contribution in [0.2, 0.25) is 5.15 Å². The highest BCUT2D eigenvalue weighted by Gasteiger charge is 2.29. The van der Waals surface area contributed by atoms with Gasteiger partial charge in [-0.3, -0.25) is 9.59 Å². The summed E-state index contributed by atoms with van der Waals surface area (Å²) in [5.74, 6) is -0.494. The number of benzene rings is 1. The van der Waals surface area contributed by atoms with E-state index >= 15 is 0 Å². The predicted octanol–water partition coefficient (Wildman–Crippen LogP) is 2.85. The van der Waals surface area contributed by atoms with Gasteiger partial charge in [-0.15, -0.1) is 0 Å². The first-order valence-electron chi connectivity index (χ1n) is 11.0. The van der Waals surface area contributed by atoms with Gasteiger partial charge in [-0.05, 0) is 13.3 Å². The lowest BCUT2D eigenvalue weighted by Crippen LogP contribution is -2.53. The summed E-state index contributed by atoms with van der Waals surface area (Å²) in [6.45, 7) is 5.88. The topological polar surface area (TPSA) is 105 Å². The van der Waals surface area contributed by atoms with Crippen LogP contribution >= 0.6 is 11.6 Å². The molecule has 2 heterocycles. The van der Waals surface area contributed by atoms with E-state index in [1.54, 1.807) is 16.7 Å². The molecular weight excluding hydrogens is 446 g/mol. The van der Waals surface area contributed by atoms with E-state index in [0.717, 1.165) is 5.56 Å². The molecule has 9 nitrogen and oxygen atoms in total. The van der Waals surface area contributed by atoms with E-state index in [-0.39, 0.29) is 35.3 Å². The molecule has 0 aliphatic carbocycles. The highest BCUT2D eigenvalue weighted by atomic mass is 35.5. The third kappa shape index (κ3) is 6.41. The molecule has 0 radical (unpaired) electrons. The molecule has 1 atom stereocenters. The first-order chi connectivity index (χ1) is 15.9. The average molecular weight is 474 g/mol. The normalized spacial score (nSPS) is 14.5. The lowest BCUT2D eigenvalue weighted by Gasteiger charge is -2.35. The van der Waals surface area contributed by atoms with Crippen LogP contribution in [0.3, 0.4) is 0 Å². The molecular formula is C23H28ClN5O4. The minimum absolute atomic E-state index is 0.0491. The highest BCUT2D eigenvalue weighted by molar-refractivity contribution is 6.29. The summed E-state index contributed by atoms with van der Waals surface area (Å²) in [5.41, 5.74) is 0.886. The molecule has 10 heteroatoms. The summed E-state index contributed by atoms with van der Waals surface area (Å²) in [7, 11) is 0. The van der Waals surface area contributed by atoms with E-state index in [9.17, 15) is 14.4 Å². The van der Waals surface area contributed by atoms with E-state index < -0.39 is 5.91 Å². The Labute approximate surface area is 198 Å². The van der Waals surface area contributed by atoms with E-state index in [2.05, 4.69) is 15.3 Å². The van der Waals surface area contributed by atoms with Crippen LogP contribution in [-0.2, 0) is 9.53 Å². The Hall–Kier alpha value is -3.20. The third-order valence-electron chi connectivity index (χ3n) is 5.43. The van der Waals surface area contributed by atoms with Crippen molar-refractivity contribution in [1.82, 2.24) is 25.1 Å². The Morgan fingerprint density at radius 2 is 1.73 bits per heavy atom. The maximum absolute atomic E-state index is 13.0. The molecule has 1 aliphatic heterocycles. The molecule has 33 heavy (non-hydrogen) atoms. The van der Waals surface area contributed by atoms with Gasteiger partial charge in [-0.25, -0.2) is 14.8 Å². The molecule has 0 saturated carbocycles. The van der Waals surface area contributed by atoms with Crippen molar-refractivity contribution >= 4 is 29.5 Å². The fourth-order valence-corrected chi connectivity index (χ4v) is 3.73. The van der Waals surface area contributed by atoms with E-state index in [1.807, 2.05) is 37.3 Å². The van der Waals surface area contributed by atoms with Gasteiger partial charge >= 0.3 is 6.09 Å². The highest BCUT2D eigenvalue weighted by Crippen LogP contribution is 2.18. The van der Waals surface area contributed by atoms with E-state index in [0.29, 0.717) is 45.0 Å². The fourth-order valence-electron chi connectivity index (χ4n) is 3.55. The fraction of sp³-hybridized carbons (Fsp3) is 0.435. The summed E-state index contributed by atoms with van der Waals surface area (Å²) in [6, 6.07) is 10.6. The van der Waals surface area contributed by atoms with Gasteiger partial charge in [0.25, 0.3) is 5.91 Å². The van der Waals surface area contributed by atoms with Crippen molar-refractivity contribution in [2.24, 2.45) is 5.92 Å². The predicted molar refractivity (Wildman–Crippen MR) is 124 cm³/mol. The van der Waals surface area contributed by atoms with Crippen LogP contribution in [0.15, 0.2) is 36.4 Å². The van der Waals surface area contributed by atoms with Gasteiger partial charge in [-0.2, -0.15) is 0 Å². The minimum atomic E-state index is -0.421. The molecule has 2 aromatic rings. The summed E-state index contributed by atoms with van der Waals surface area (Å²) in [5, 5.41) is 2.96. The van der Waals surface area contributed by atoms with Crippen LogP contribution in [0.1, 0.15) is 30.8 Å².